The van der Waals surface area contributed by atoms with E-state index in [1.165, 1.54) is 32.4 Å². The average Bonchev–Trinajstić information content (AvgIpc) is 2.30. The number of methoxy groups -OCH3 is 2. The highest BCUT2D eigenvalue weighted by atomic mass is 16.5. The van der Waals surface area contributed by atoms with E-state index in [-0.39, 0.29) is 5.57 Å². The molecule has 0 amide bonds. The average molecular weight is 226 g/mol. The SMILES string of the molecule is COC(=O)C1=CC(C)(C(=O)OC)C=CC1O. The topological polar surface area (TPSA) is 72.8 Å². The highest BCUT2D eigenvalue weighted by Gasteiger charge is 2.35. The second kappa shape index (κ2) is 4.49. The van der Waals surface area contributed by atoms with Crippen molar-refractivity contribution < 1.29 is 24.2 Å². The van der Waals surface area contributed by atoms with Crippen LogP contribution < -0.4 is 0 Å². The molecule has 2 atom stereocenters. The van der Waals surface area contributed by atoms with Crippen molar-refractivity contribution in [1.82, 2.24) is 0 Å². The predicted molar refractivity (Wildman–Crippen MR) is 55.4 cm³/mol. The fraction of sp³-hybridized carbons (Fsp3) is 0.455. The molecule has 1 N–H and O–H groups in total. The van der Waals surface area contributed by atoms with Crippen molar-refractivity contribution in [2.75, 3.05) is 14.2 Å². The van der Waals surface area contributed by atoms with E-state index in [1.54, 1.807) is 6.92 Å². The van der Waals surface area contributed by atoms with E-state index < -0.39 is 23.5 Å². The molecule has 16 heavy (non-hydrogen) atoms. The van der Waals surface area contributed by atoms with Gasteiger partial charge in [0, 0.05) is 0 Å². The fourth-order valence-electron chi connectivity index (χ4n) is 1.50. The van der Waals surface area contributed by atoms with E-state index in [0.29, 0.717) is 0 Å². The second-order valence-electron chi connectivity index (χ2n) is 3.67. The Balaban J connectivity index is 3.09. The highest BCUT2D eigenvalue weighted by molar-refractivity contribution is 5.93. The number of esters is 2. The third-order valence-electron chi connectivity index (χ3n) is 2.45. The van der Waals surface area contributed by atoms with E-state index in [0.717, 1.165) is 0 Å². The van der Waals surface area contributed by atoms with Crippen molar-refractivity contribution in [3.05, 3.63) is 23.8 Å². The van der Waals surface area contributed by atoms with Crippen LogP contribution in [0.1, 0.15) is 6.92 Å². The second-order valence-corrected chi connectivity index (χ2v) is 3.67. The zero-order valence-corrected chi connectivity index (χ0v) is 9.39. The molecule has 0 spiro atoms. The zero-order chi connectivity index (χ0) is 12.3. The van der Waals surface area contributed by atoms with Crippen LogP contribution in [-0.4, -0.2) is 37.4 Å². The van der Waals surface area contributed by atoms with E-state index in [9.17, 15) is 14.7 Å². The van der Waals surface area contributed by atoms with E-state index in [1.807, 2.05) is 0 Å². The van der Waals surface area contributed by atoms with Gasteiger partial charge < -0.3 is 14.6 Å². The van der Waals surface area contributed by atoms with Gasteiger partial charge in [0.25, 0.3) is 0 Å². The summed E-state index contributed by atoms with van der Waals surface area (Å²) in [4.78, 5) is 22.8. The van der Waals surface area contributed by atoms with E-state index >= 15 is 0 Å². The summed E-state index contributed by atoms with van der Waals surface area (Å²) >= 11 is 0. The first-order valence-corrected chi connectivity index (χ1v) is 4.71. The summed E-state index contributed by atoms with van der Waals surface area (Å²) in [7, 11) is 2.47. The van der Waals surface area contributed by atoms with Gasteiger partial charge in [-0.2, -0.15) is 0 Å². The minimum absolute atomic E-state index is 0.0397. The molecule has 0 saturated carbocycles. The molecule has 1 aliphatic carbocycles. The molecule has 0 aliphatic heterocycles. The first kappa shape index (κ1) is 12.4. The Bertz CT molecular complexity index is 369. The van der Waals surface area contributed by atoms with Gasteiger partial charge in [0.2, 0.25) is 0 Å². The van der Waals surface area contributed by atoms with Crippen molar-refractivity contribution in [3.63, 3.8) is 0 Å². The summed E-state index contributed by atoms with van der Waals surface area (Å²) in [6, 6.07) is 0. The molecule has 1 rings (SSSR count). The van der Waals surface area contributed by atoms with Crippen LogP contribution in [-0.2, 0) is 19.1 Å². The van der Waals surface area contributed by atoms with Gasteiger partial charge in [-0.25, -0.2) is 4.79 Å². The number of rotatable bonds is 2. The van der Waals surface area contributed by atoms with Gasteiger partial charge in [-0.15, -0.1) is 0 Å². The van der Waals surface area contributed by atoms with Crippen molar-refractivity contribution in [3.8, 4) is 0 Å². The normalized spacial score (nSPS) is 28.2. The van der Waals surface area contributed by atoms with Gasteiger partial charge in [-0.05, 0) is 6.92 Å². The minimum Gasteiger partial charge on any atom is -0.468 e. The lowest BCUT2D eigenvalue weighted by Gasteiger charge is -2.25. The third kappa shape index (κ3) is 2.14. The minimum atomic E-state index is -1.05. The molecular formula is C11H14O5. The number of aliphatic hydroxyl groups excluding tert-OH is 1. The molecular weight excluding hydrogens is 212 g/mol. The van der Waals surface area contributed by atoms with Gasteiger partial charge in [-0.1, -0.05) is 18.2 Å². The van der Waals surface area contributed by atoms with Crippen molar-refractivity contribution in [2.45, 2.75) is 13.0 Å². The molecule has 88 valence electrons. The molecule has 0 heterocycles. The van der Waals surface area contributed by atoms with Crippen LogP contribution in [0.3, 0.4) is 0 Å². The van der Waals surface area contributed by atoms with Gasteiger partial charge in [0.1, 0.15) is 11.5 Å². The lowest BCUT2D eigenvalue weighted by Crippen LogP contribution is -2.32. The molecule has 5 heteroatoms. The van der Waals surface area contributed by atoms with Crippen LogP contribution >= 0.6 is 0 Å². The molecule has 5 nitrogen and oxygen atoms in total. The summed E-state index contributed by atoms with van der Waals surface area (Å²) in [6.45, 7) is 1.59. The maximum absolute atomic E-state index is 11.5. The molecule has 0 aromatic rings. The molecule has 1 aliphatic rings. The Morgan fingerprint density at radius 1 is 1.38 bits per heavy atom. The molecule has 0 aromatic carbocycles. The van der Waals surface area contributed by atoms with Crippen LogP contribution in [0.5, 0.6) is 0 Å². The van der Waals surface area contributed by atoms with Crippen LogP contribution in [0, 0.1) is 5.41 Å². The Morgan fingerprint density at radius 3 is 2.50 bits per heavy atom. The number of ether oxygens (including phenoxy) is 2. The number of hydrogen-bond acceptors (Lipinski definition) is 5. The summed E-state index contributed by atoms with van der Waals surface area (Å²) in [5.74, 6) is -1.16. The third-order valence-corrected chi connectivity index (χ3v) is 2.45. The molecule has 0 aromatic heterocycles. The number of hydrogen-bond donors (Lipinski definition) is 1. The monoisotopic (exact) mass is 226 g/mol. The van der Waals surface area contributed by atoms with Gasteiger partial charge in [0.15, 0.2) is 0 Å². The Hall–Kier alpha value is -1.62. The van der Waals surface area contributed by atoms with Gasteiger partial charge in [-0.3, -0.25) is 4.79 Å². The largest absolute Gasteiger partial charge is 0.468 e. The van der Waals surface area contributed by atoms with E-state index in [2.05, 4.69) is 9.47 Å². The lowest BCUT2D eigenvalue weighted by atomic mass is 9.82. The summed E-state index contributed by atoms with van der Waals surface area (Å²) in [6.07, 6.45) is 3.17. The Kier molecular flexibility index (Phi) is 3.49. The standard InChI is InChI=1S/C11H14O5/c1-11(10(14)16-3)5-4-8(12)7(6-11)9(13)15-2/h4-6,8,12H,1-3H3. The number of aliphatic hydroxyl groups is 1. The number of carbonyl (C=O) groups excluding carboxylic acids is 2. The van der Waals surface area contributed by atoms with Gasteiger partial charge >= 0.3 is 11.9 Å². The summed E-state index contributed by atoms with van der Waals surface area (Å²) < 4.78 is 9.13. The molecule has 0 fully saturated rings. The summed E-state index contributed by atoms with van der Waals surface area (Å²) in [5.41, 5.74) is -1.00. The maximum atomic E-state index is 11.5. The quantitative estimate of drug-likeness (QED) is 0.537. The zero-order valence-electron chi connectivity index (χ0n) is 9.39. The molecule has 0 radical (unpaired) electrons. The highest BCUT2D eigenvalue weighted by Crippen LogP contribution is 2.30. The number of carbonyl (C=O) groups is 2. The Morgan fingerprint density at radius 2 is 2.00 bits per heavy atom. The van der Waals surface area contributed by atoms with Crippen LogP contribution in [0.4, 0.5) is 0 Å². The van der Waals surface area contributed by atoms with Crippen LogP contribution in [0.25, 0.3) is 0 Å². The van der Waals surface area contributed by atoms with Crippen LogP contribution in [0.15, 0.2) is 23.8 Å². The maximum Gasteiger partial charge on any atom is 0.336 e. The smallest absolute Gasteiger partial charge is 0.336 e. The summed E-state index contributed by atoms with van der Waals surface area (Å²) in [5, 5.41) is 9.55. The fourth-order valence-corrected chi connectivity index (χ4v) is 1.50. The Labute approximate surface area is 93.3 Å². The van der Waals surface area contributed by atoms with Gasteiger partial charge in [0.05, 0.1) is 19.8 Å². The van der Waals surface area contributed by atoms with Crippen LogP contribution in [0.2, 0.25) is 0 Å². The van der Waals surface area contributed by atoms with Crippen molar-refractivity contribution in [1.29, 1.82) is 0 Å². The molecule has 0 bridgehead atoms. The van der Waals surface area contributed by atoms with Crippen molar-refractivity contribution >= 4 is 11.9 Å². The first-order chi connectivity index (χ1) is 7.44. The molecule has 2 unspecified atom stereocenters. The first-order valence-electron chi connectivity index (χ1n) is 4.71. The molecule has 0 saturated heterocycles. The van der Waals surface area contributed by atoms with Crippen molar-refractivity contribution in [2.24, 2.45) is 5.41 Å². The van der Waals surface area contributed by atoms with E-state index in [4.69, 9.17) is 0 Å². The predicted octanol–water partition coefficient (Wildman–Crippen LogP) is 0.196. The lowest BCUT2D eigenvalue weighted by molar-refractivity contribution is -0.146.